The standard InChI is InChI=1S/C14H25NO2/c1-10(15-13(5-6-16)9-17-2)14-8-11-3-4-12(14)7-11/h3-4,10-16H,5-9H2,1-2H3. The van der Waals surface area contributed by atoms with Crippen LogP contribution in [0.2, 0.25) is 0 Å². The molecule has 0 radical (unpaired) electrons. The van der Waals surface area contributed by atoms with Crippen LogP contribution in [0.1, 0.15) is 26.2 Å². The molecule has 5 unspecified atom stereocenters. The Kier molecular flexibility index (Phi) is 4.60. The quantitative estimate of drug-likeness (QED) is 0.663. The van der Waals surface area contributed by atoms with E-state index in [1.165, 1.54) is 12.8 Å². The Morgan fingerprint density at radius 3 is 2.76 bits per heavy atom. The largest absolute Gasteiger partial charge is 0.396 e. The van der Waals surface area contributed by atoms with Crippen molar-refractivity contribution in [2.75, 3.05) is 20.3 Å². The number of nitrogens with one attached hydrogen (secondary N) is 1. The molecule has 0 aliphatic heterocycles. The first-order chi connectivity index (χ1) is 8.24. The van der Waals surface area contributed by atoms with Crippen LogP contribution in [-0.2, 0) is 4.74 Å². The van der Waals surface area contributed by atoms with E-state index in [0.29, 0.717) is 12.6 Å². The Bertz CT molecular complexity index is 261. The van der Waals surface area contributed by atoms with E-state index in [2.05, 4.69) is 24.4 Å². The monoisotopic (exact) mass is 239 g/mol. The second-order valence-corrected chi connectivity index (χ2v) is 5.56. The molecule has 2 aliphatic carbocycles. The van der Waals surface area contributed by atoms with Crippen LogP contribution in [-0.4, -0.2) is 37.5 Å². The first-order valence-corrected chi connectivity index (χ1v) is 6.78. The summed E-state index contributed by atoms with van der Waals surface area (Å²) in [5.74, 6) is 2.37. The molecule has 0 spiro atoms. The van der Waals surface area contributed by atoms with Crippen molar-refractivity contribution in [2.45, 2.75) is 38.3 Å². The summed E-state index contributed by atoms with van der Waals surface area (Å²) in [5, 5.41) is 12.7. The Hall–Kier alpha value is -0.380. The highest BCUT2D eigenvalue weighted by Crippen LogP contribution is 2.44. The van der Waals surface area contributed by atoms with E-state index < -0.39 is 0 Å². The minimum Gasteiger partial charge on any atom is -0.396 e. The highest BCUT2D eigenvalue weighted by atomic mass is 16.5. The summed E-state index contributed by atoms with van der Waals surface area (Å²) in [6, 6.07) is 0.796. The number of aliphatic hydroxyl groups is 1. The van der Waals surface area contributed by atoms with Crippen LogP contribution in [0.5, 0.6) is 0 Å². The van der Waals surface area contributed by atoms with Gasteiger partial charge in [-0.2, -0.15) is 0 Å². The lowest BCUT2D eigenvalue weighted by Gasteiger charge is -2.30. The van der Waals surface area contributed by atoms with E-state index >= 15 is 0 Å². The van der Waals surface area contributed by atoms with E-state index in [9.17, 15) is 0 Å². The van der Waals surface area contributed by atoms with Crippen LogP contribution >= 0.6 is 0 Å². The van der Waals surface area contributed by atoms with Gasteiger partial charge >= 0.3 is 0 Å². The summed E-state index contributed by atoms with van der Waals surface area (Å²) in [4.78, 5) is 0. The Morgan fingerprint density at radius 2 is 2.24 bits per heavy atom. The third-order valence-electron chi connectivity index (χ3n) is 4.32. The molecule has 2 N–H and O–H groups in total. The Balaban J connectivity index is 1.82. The first kappa shape index (κ1) is 13.1. The van der Waals surface area contributed by atoms with Crippen molar-refractivity contribution < 1.29 is 9.84 Å². The highest BCUT2D eigenvalue weighted by Gasteiger charge is 2.38. The first-order valence-electron chi connectivity index (χ1n) is 6.78. The molecule has 0 heterocycles. The lowest BCUT2D eigenvalue weighted by Crippen LogP contribution is -2.44. The lowest BCUT2D eigenvalue weighted by molar-refractivity contribution is 0.135. The molecular weight excluding hydrogens is 214 g/mol. The van der Waals surface area contributed by atoms with Crippen molar-refractivity contribution in [1.82, 2.24) is 5.32 Å². The van der Waals surface area contributed by atoms with Crippen molar-refractivity contribution in [2.24, 2.45) is 17.8 Å². The molecule has 0 amide bonds. The molecular formula is C14H25NO2. The number of ether oxygens (including phenoxy) is 1. The van der Waals surface area contributed by atoms with Gasteiger partial charge in [-0.3, -0.25) is 0 Å². The molecule has 2 rings (SSSR count). The van der Waals surface area contributed by atoms with Gasteiger partial charge in [-0.05, 0) is 43.9 Å². The summed E-state index contributed by atoms with van der Waals surface area (Å²) in [7, 11) is 1.72. The number of hydrogen-bond acceptors (Lipinski definition) is 3. The van der Waals surface area contributed by atoms with Crippen molar-refractivity contribution in [3.63, 3.8) is 0 Å². The maximum Gasteiger partial charge on any atom is 0.0616 e. The van der Waals surface area contributed by atoms with Crippen molar-refractivity contribution in [1.29, 1.82) is 0 Å². The summed E-state index contributed by atoms with van der Waals surface area (Å²) in [6.07, 6.45) is 8.23. The van der Waals surface area contributed by atoms with Gasteiger partial charge in [0, 0.05) is 25.8 Å². The van der Waals surface area contributed by atoms with Gasteiger partial charge in [0.05, 0.1) is 6.61 Å². The number of allylic oxidation sites excluding steroid dienone is 2. The van der Waals surface area contributed by atoms with Crippen LogP contribution in [0.15, 0.2) is 12.2 Å². The zero-order valence-corrected chi connectivity index (χ0v) is 10.9. The predicted molar refractivity (Wildman–Crippen MR) is 68.8 cm³/mol. The molecule has 2 aliphatic rings. The van der Waals surface area contributed by atoms with E-state index in [0.717, 1.165) is 24.2 Å². The van der Waals surface area contributed by atoms with Gasteiger partial charge in [0.2, 0.25) is 0 Å². The third-order valence-corrected chi connectivity index (χ3v) is 4.32. The van der Waals surface area contributed by atoms with E-state index in [1.54, 1.807) is 7.11 Å². The lowest BCUT2D eigenvalue weighted by atomic mass is 9.87. The molecule has 5 atom stereocenters. The van der Waals surface area contributed by atoms with Crippen molar-refractivity contribution in [3.05, 3.63) is 12.2 Å². The van der Waals surface area contributed by atoms with Crippen molar-refractivity contribution >= 4 is 0 Å². The SMILES string of the molecule is COCC(CCO)NC(C)C1CC2C=CC1C2. The van der Waals surface area contributed by atoms with Gasteiger partial charge in [-0.25, -0.2) is 0 Å². The van der Waals surface area contributed by atoms with Crippen LogP contribution < -0.4 is 5.32 Å². The highest BCUT2D eigenvalue weighted by molar-refractivity contribution is 5.11. The van der Waals surface area contributed by atoms with Gasteiger partial charge in [0.15, 0.2) is 0 Å². The van der Waals surface area contributed by atoms with Crippen LogP contribution in [0.4, 0.5) is 0 Å². The molecule has 0 aromatic heterocycles. The molecule has 1 saturated carbocycles. The topological polar surface area (TPSA) is 41.5 Å². The molecule has 3 nitrogen and oxygen atoms in total. The van der Waals surface area contributed by atoms with Crippen LogP contribution in [0.25, 0.3) is 0 Å². The number of methoxy groups -OCH3 is 1. The summed E-state index contributed by atoms with van der Waals surface area (Å²) >= 11 is 0. The number of fused-ring (bicyclic) bond motifs is 2. The second kappa shape index (κ2) is 5.98. The fourth-order valence-corrected chi connectivity index (χ4v) is 3.47. The number of hydrogen-bond donors (Lipinski definition) is 2. The third kappa shape index (κ3) is 3.09. The summed E-state index contributed by atoms with van der Waals surface area (Å²) in [6.45, 7) is 3.19. The average Bonchev–Trinajstić information content (AvgIpc) is 2.91. The van der Waals surface area contributed by atoms with Crippen LogP contribution in [0, 0.1) is 17.8 Å². The average molecular weight is 239 g/mol. The van der Waals surface area contributed by atoms with E-state index in [4.69, 9.17) is 9.84 Å². The van der Waals surface area contributed by atoms with E-state index in [1.807, 2.05) is 0 Å². The van der Waals surface area contributed by atoms with Gasteiger partial charge in [0.1, 0.15) is 0 Å². The minimum atomic E-state index is 0.227. The summed E-state index contributed by atoms with van der Waals surface area (Å²) < 4.78 is 5.19. The van der Waals surface area contributed by atoms with Gasteiger partial charge < -0.3 is 15.2 Å². The summed E-state index contributed by atoms with van der Waals surface area (Å²) in [5.41, 5.74) is 0. The van der Waals surface area contributed by atoms with E-state index in [-0.39, 0.29) is 12.6 Å². The smallest absolute Gasteiger partial charge is 0.0616 e. The fraction of sp³-hybridized carbons (Fsp3) is 0.857. The number of rotatable bonds is 7. The van der Waals surface area contributed by atoms with Gasteiger partial charge in [0.25, 0.3) is 0 Å². The molecule has 3 heteroatoms. The normalized spacial score (nSPS) is 34.2. The zero-order chi connectivity index (χ0) is 12.3. The number of aliphatic hydroxyl groups excluding tert-OH is 1. The molecule has 17 heavy (non-hydrogen) atoms. The molecule has 0 saturated heterocycles. The van der Waals surface area contributed by atoms with Crippen LogP contribution in [0.3, 0.4) is 0 Å². The van der Waals surface area contributed by atoms with Gasteiger partial charge in [-0.15, -0.1) is 0 Å². The second-order valence-electron chi connectivity index (χ2n) is 5.56. The maximum absolute atomic E-state index is 9.04. The Labute approximate surface area is 104 Å². The van der Waals surface area contributed by atoms with Crippen molar-refractivity contribution in [3.8, 4) is 0 Å². The molecule has 2 bridgehead atoms. The maximum atomic E-state index is 9.04. The predicted octanol–water partition coefficient (Wildman–Crippen LogP) is 1.57. The molecule has 0 aromatic rings. The zero-order valence-electron chi connectivity index (χ0n) is 10.9. The van der Waals surface area contributed by atoms with Gasteiger partial charge in [-0.1, -0.05) is 12.2 Å². The molecule has 1 fully saturated rings. The Morgan fingerprint density at radius 1 is 1.41 bits per heavy atom. The molecule has 98 valence electrons. The fourth-order valence-electron chi connectivity index (χ4n) is 3.47. The minimum absolute atomic E-state index is 0.227. The molecule has 0 aromatic carbocycles.